The van der Waals surface area contributed by atoms with Crippen molar-refractivity contribution in [3.63, 3.8) is 0 Å². The minimum Gasteiger partial charge on any atom is -0.358 e. The fourth-order valence-corrected chi connectivity index (χ4v) is 2.48. The number of hydrogen-bond donors (Lipinski definition) is 1. The van der Waals surface area contributed by atoms with E-state index in [0.29, 0.717) is 5.92 Å². The number of aromatic nitrogens is 2. The molecule has 1 aromatic rings. The molecule has 1 saturated carbocycles. The average Bonchev–Trinajstić information content (AvgIpc) is 2.80. The first-order valence-corrected chi connectivity index (χ1v) is 6.52. The number of carbonyl (C=O) groups excluding carboxylic acids is 1. The van der Waals surface area contributed by atoms with Gasteiger partial charge in [0, 0.05) is 6.04 Å². The maximum absolute atomic E-state index is 11.9. The average molecular weight is 266 g/mol. The maximum Gasteiger partial charge on any atom is 0.381 e. The zero-order chi connectivity index (χ0) is 13.8. The van der Waals surface area contributed by atoms with Crippen LogP contribution in [0.3, 0.4) is 0 Å². The molecule has 0 spiro atoms. The van der Waals surface area contributed by atoms with Gasteiger partial charge in [-0.3, -0.25) is 4.79 Å². The SMILES string of the molecule is C[C@H]1CCCC[C@@H]1NC(=O)Cn1cnc([N+](=O)[O-])c1. The molecule has 1 fully saturated rings. The van der Waals surface area contributed by atoms with Crippen molar-refractivity contribution < 1.29 is 9.72 Å². The van der Waals surface area contributed by atoms with Crippen LogP contribution in [0.2, 0.25) is 0 Å². The Morgan fingerprint density at radius 2 is 2.32 bits per heavy atom. The van der Waals surface area contributed by atoms with E-state index in [9.17, 15) is 14.9 Å². The normalized spacial score (nSPS) is 23.0. The fraction of sp³-hybridized carbons (Fsp3) is 0.667. The lowest BCUT2D eigenvalue weighted by Crippen LogP contribution is -2.42. The molecule has 0 radical (unpaired) electrons. The molecule has 7 nitrogen and oxygen atoms in total. The minimum atomic E-state index is -0.572. The van der Waals surface area contributed by atoms with Gasteiger partial charge in [0.15, 0.2) is 0 Å². The molecule has 1 N–H and O–H groups in total. The topological polar surface area (TPSA) is 90.1 Å². The molecule has 19 heavy (non-hydrogen) atoms. The summed E-state index contributed by atoms with van der Waals surface area (Å²) in [6.07, 6.45) is 7.09. The van der Waals surface area contributed by atoms with E-state index in [2.05, 4.69) is 17.2 Å². The Balaban J connectivity index is 1.87. The second-order valence-electron chi connectivity index (χ2n) is 5.10. The summed E-state index contributed by atoms with van der Waals surface area (Å²) in [6, 6.07) is 0.222. The van der Waals surface area contributed by atoms with Gasteiger partial charge in [-0.1, -0.05) is 19.8 Å². The molecule has 1 aliphatic carbocycles. The van der Waals surface area contributed by atoms with Crippen LogP contribution in [0.1, 0.15) is 32.6 Å². The van der Waals surface area contributed by atoms with E-state index in [1.165, 1.54) is 23.5 Å². The fourth-order valence-electron chi connectivity index (χ4n) is 2.48. The van der Waals surface area contributed by atoms with Crippen molar-refractivity contribution >= 4 is 11.7 Å². The highest BCUT2D eigenvalue weighted by Crippen LogP contribution is 2.23. The summed E-state index contributed by atoms with van der Waals surface area (Å²) in [7, 11) is 0. The molecule has 0 saturated heterocycles. The summed E-state index contributed by atoms with van der Waals surface area (Å²) in [5.74, 6) is 0.139. The number of amides is 1. The van der Waals surface area contributed by atoms with Crippen LogP contribution in [0.4, 0.5) is 5.82 Å². The number of carbonyl (C=O) groups is 1. The van der Waals surface area contributed by atoms with E-state index < -0.39 is 4.92 Å². The molecule has 2 atom stereocenters. The van der Waals surface area contributed by atoms with Gasteiger partial charge in [-0.25, -0.2) is 0 Å². The predicted molar refractivity (Wildman–Crippen MR) is 68.4 cm³/mol. The first kappa shape index (κ1) is 13.5. The molecule has 0 aliphatic heterocycles. The van der Waals surface area contributed by atoms with Crippen LogP contribution in [0, 0.1) is 16.0 Å². The summed E-state index contributed by atoms with van der Waals surface area (Å²) in [6.45, 7) is 2.22. The van der Waals surface area contributed by atoms with Crippen LogP contribution in [0.25, 0.3) is 0 Å². The van der Waals surface area contributed by atoms with E-state index in [1.54, 1.807) is 0 Å². The Hall–Kier alpha value is -1.92. The van der Waals surface area contributed by atoms with Crippen LogP contribution in [0.15, 0.2) is 12.5 Å². The lowest BCUT2D eigenvalue weighted by Gasteiger charge is -2.29. The third-order valence-corrected chi connectivity index (χ3v) is 3.59. The molecule has 1 amide bonds. The first-order valence-electron chi connectivity index (χ1n) is 6.52. The van der Waals surface area contributed by atoms with Gasteiger partial charge in [-0.15, -0.1) is 0 Å². The first-order chi connectivity index (χ1) is 9.06. The second kappa shape index (κ2) is 5.81. The number of rotatable bonds is 4. The number of nitro groups is 1. The molecule has 0 unspecified atom stereocenters. The standard InChI is InChI=1S/C12H18N4O3/c1-9-4-2-3-5-10(9)14-12(17)7-15-6-11(13-8-15)16(18)19/h6,8-10H,2-5,7H2,1H3,(H,14,17)/t9-,10-/m0/s1. The zero-order valence-corrected chi connectivity index (χ0v) is 10.9. The lowest BCUT2D eigenvalue weighted by atomic mass is 9.86. The molecule has 0 bridgehead atoms. The highest BCUT2D eigenvalue weighted by atomic mass is 16.6. The summed E-state index contributed by atoms with van der Waals surface area (Å²) < 4.78 is 1.43. The Bertz CT molecular complexity index is 471. The van der Waals surface area contributed by atoms with Gasteiger partial charge in [0.1, 0.15) is 12.7 Å². The monoisotopic (exact) mass is 266 g/mol. The highest BCUT2D eigenvalue weighted by molar-refractivity contribution is 5.76. The van der Waals surface area contributed by atoms with Crippen molar-refractivity contribution in [2.75, 3.05) is 0 Å². The molecule has 2 rings (SSSR count). The molecule has 104 valence electrons. The quantitative estimate of drug-likeness (QED) is 0.660. The Morgan fingerprint density at radius 1 is 1.58 bits per heavy atom. The number of hydrogen-bond acceptors (Lipinski definition) is 4. The van der Waals surface area contributed by atoms with Crippen LogP contribution >= 0.6 is 0 Å². The van der Waals surface area contributed by atoms with Gasteiger partial charge in [0.2, 0.25) is 12.2 Å². The molecule has 1 aliphatic rings. The van der Waals surface area contributed by atoms with Crippen LogP contribution < -0.4 is 5.32 Å². The molecule has 1 heterocycles. The summed E-state index contributed by atoms with van der Waals surface area (Å²) >= 11 is 0. The lowest BCUT2D eigenvalue weighted by molar-refractivity contribution is -0.389. The van der Waals surface area contributed by atoms with Crippen LogP contribution in [0.5, 0.6) is 0 Å². The van der Waals surface area contributed by atoms with Crippen molar-refractivity contribution in [2.24, 2.45) is 5.92 Å². The van der Waals surface area contributed by atoms with Crippen LogP contribution in [-0.4, -0.2) is 26.4 Å². The smallest absolute Gasteiger partial charge is 0.358 e. The van der Waals surface area contributed by atoms with Gasteiger partial charge in [-0.05, 0) is 28.7 Å². The Morgan fingerprint density at radius 3 is 2.95 bits per heavy atom. The van der Waals surface area contributed by atoms with Crippen molar-refractivity contribution in [2.45, 2.75) is 45.2 Å². The zero-order valence-electron chi connectivity index (χ0n) is 10.9. The third kappa shape index (κ3) is 3.52. The van der Waals surface area contributed by atoms with Crippen molar-refractivity contribution in [3.8, 4) is 0 Å². The summed E-state index contributed by atoms with van der Waals surface area (Å²) in [5, 5.41) is 13.5. The number of nitrogens with zero attached hydrogens (tertiary/aromatic N) is 3. The summed E-state index contributed by atoms with van der Waals surface area (Å²) in [5.41, 5.74) is 0. The molecule has 1 aromatic heterocycles. The molecular weight excluding hydrogens is 248 g/mol. The highest BCUT2D eigenvalue weighted by Gasteiger charge is 2.23. The van der Waals surface area contributed by atoms with Gasteiger partial charge < -0.3 is 20.0 Å². The Labute approximate surface area is 111 Å². The van der Waals surface area contributed by atoms with Crippen molar-refractivity contribution in [1.29, 1.82) is 0 Å². The van der Waals surface area contributed by atoms with Gasteiger partial charge >= 0.3 is 5.82 Å². The van der Waals surface area contributed by atoms with Crippen LogP contribution in [-0.2, 0) is 11.3 Å². The van der Waals surface area contributed by atoms with E-state index in [4.69, 9.17) is 0 Å². The maximum atomic E-state index is 11.9. The van der Waals surface area contributed by atoms with Gasteiger partial charge in [0.05, 0.1) is 0 Å². The predicted octanol–water partition coefficient (Wildman–Crippen LogP) is 1.49. The second-order valence-corrected chi connectivity index (χ2v) is 5.10. The molecule has 7 heteroatoms. The van der Waals surface area contributed by atoms with Gasteiger partial charge in [-0.2, -0.15) is 0 Å². The third-order valence-electron chi connectivity index (χ3n) is 3.59. The molecular formula is C12H18N4O3. The van der Waals surface area contributed by atoms with Crippen molar-refractivity contribution in [3.05, 3.63) is 22.6 Å². The van der Waals surface area contributed by atoms with E-state index in [1.807, 2.05) is 0 Å². The van der Waals surface area contributed by atoms with Gasteiger partial charge in [0.25, 0.3) is 0 Å². The minimum absolute atomic E-state index is 0.0735. The largest absolute Gasteiger partial charge is 0.381 e. The molecule has 0 aromatic carbocycles. The summed E-state index contributed by atoms with van der Waals surface area (Å²) in [4.78, 5) is 25.4. The van der Waals surface area contributed by atoms with E-state index in [-0.39, 0.29) is 24.3 Å². The number of nitrogens with one attached hydrogen (secondary N) is 1. The number of imidazole rings is 1. The van der Waals surface area contributed by atoms with E-state index in [0.717, 1.165) is 19.3 Å². The van der Waals surface area contributed by atoms with Crippen molar-refractivity contribution in [1.82, 2.24) is 14.9 Å². The van der Waals surface area contributed by atoms with E-state index >= 15 is 0 Å². The Kier molecular flexibility index (Phi) is 4.13.